The fourth-order valence-electron chi connectivity index (χ4n) is 2.84. The number of carbonyl (C=O) groups is 2. The quantitative estimate of drug-likeness (QED) is 0.815. The molecule has 1 aromatic carbocycles. The third-order valence-electron chi connectivity index (χ3n) is 4.37. The maximum absolute atomic E-state index is 12.8. The molecule has 2 N–H and O–H groups in total. The second-order valence-electron chi connectivity index (χ2n) is 6.51. The molecule has 3 rings (SSSR count). The van der Waals surface area contributed by atoms with E-state index in [1.807, 2.05) is 37.3 Å². The van der Waals surface area contributed by atoms with Crippen molar-refractivity contribution in [1.29, 1.82) is 0 Å². The Kier molecular flexibility index (Phi) is 5.57. The van der Waals surface area contributed by atoms with Crippen LogP contribution in [0.25, 0.3) is 11.3 Å². The summed E-state index contributed by atoms with van der Waals surface area (Å²) in [6.07, 6.45) is 2.12. The zero-order chi connectivity index (χ0) is 18.7. The molecule has 1 aliphatic rings. The van der Waals surface area contributed by atoms with Gasteiger partial charge in [-0.1, -0.05) is 29.8 Å². The van der Waals surface area contributed by atoms with E-state index in [1.165, 1.54) is 0 Å². The van der Waals surface area contributed by atoms with Crippen molar-refractivity contribution in [3.05, 3.63) is 52.7 Å². The van der Waals surface area contributed by atoms with E-state index in [0.717, 1.165) is 24.0 Å². The second kappa shape index (κ2) is 7.87. The van der Waals surface area contributed by atoms with Crippen LogP contribution >= 0.6 is 11.6 Å². The van der Waals surface area contributed by atoms with Crippen molar-refractivity contribution in [1.82, 2.24) is 15.6 Å². The number of hydrogen-bond acceptors (Lipinski definition) is 3. The van der Waals surface area contributed by atoms with Gasteiger partial charge in [0, 0.05) is 17.1 Å². The largest absolute Gasteiger partial charge is 0.355 e. The molecule has 1 saturated carbocycles. The van der Waals surface area contributed by atoms with Crippen molar-refractivity contribution in [2.24, 2.45) is 0 Å². The molecule has 1 atom stereocenters. The van der Waals surface area contributed by atoms with Gasteiger partial charge in [0.15, 0.2) is 0 Å². The molecule has 1 unspecified atom stereocenters. The zero-order valence-corrected chi connectivity index (χ0v) is 15.6. The van der Waals surface area contributed by atoms with Gasteiger partial charge in [0.2, 0.25) is 5.91 Å². The van der Waals surface area contributed by atoms with Gasteiger partial charge in [0.05, 0.1) is 5.69 Å². The van der Waals surface area contributed by atoms with Crippen molar-refractivity contribution < 1.29 is 9.59 Å². The van der Waals surface area contributed by atoms with Crippen LogP contribution in [0.4, 0.5) is 0 Å². The molecule has 136 valence electrons. The molecule has 0 radical (unpaired) electrons. The third kappa shape index (κ3) is 4.22. The van der Waals surface area contributed by atoms with Gasteiger partial charge in [-0.05, 0) is 56.4 Å². The summed E-state index contributed by atoms with van der Waals surface area (Å²) < 4.78 is 0. The van der Waals surface area contributed by atoms with Crippen LogP contribution in [-0.2, 0) is 4.79 Å². The predicted octanol–water partition coefficient (Wildman–Crippen LogP) is 3.53. The molecule has 5 nitrogen and oxygen atoms in total. The SMILES string of the molecule is CCNC(=O)C(C)NC(=O)c1nc(-c2cccc(Cl)c2)ccc1C1CC1. The Morgan fingerprint density at radius 2 is 2.04 bits per heavy atom. The van der Waals surface area contributed by atoms with Crippen LogP contribution in [0.15, 0.2) is 36.4 Å². The lowest BCUT2D eigenvalue weighted by atomic mass is 10.0. The lowest BCUT2D eigenvalue weighted by molar-refractivity contribution is -0.122. The Balaban J connectivity index is 1.89. The lowest BCUT2D eigenvalue weighted by Crippen LogP contribution is -2.45. The highest BCUT2D eigenvalue weighted by Gasteiger charge is 2.30. The number of nitrogens with zero attached hydrogens (tertiary/aromatic N) is 1. The van der Waals surface area contributed by atoms with Gasteiger partial charge in [-0.15, -0.1) is 0 Å². The summed E-state index contributed by atoms with van der Waals surface area (Å²) in [6.45, 7) is 4.03. The number of carbonyl (C=O) groups excluding carboxylic acids is 2. The number of nitrogens with one attached hydrogen (secondary N) is 2. The van der Waals surface area contributed by atoms with E-state index in [0.29, 0.717) is 28.9 Å². The first-order valence-electron chi connectivity index (χ1n) is 8.85. The molecule has 26 heavy (non-hydrogen) atoms. The fraction of sp³-hybridized carbons (Fsp3) is 0.350. The number of rotatable bonds is 6. The van der Waals surface area contributed by atoms with E-state index < -0.39 is 6.04 Å². The highest BCUT2D eigenvalue weighted by Crippen LogP contribution is 2.41. The van der Waals surface area contributed by atoms with Crippen LogP contribution in [0.1, 0.15) is 48.7 Å². The van der Waals surface area contributed by atoms with Gasteiger partial charge in [0.25, 0.3) is 5.91 Å². The number of halogens is 1. The smallest absolute Gasteiger partial charge is 0.270 e. The molecule has 0 bridgehead atoms. The summed E-state index contributed by atoms with van der Waals surface area (Å²) in [7, 11) is 0. The predicted molar refractivity (Wildman–Crippen MR) is 102 cm³/mol. The van der Waals surface area contributed by atoms with Crippen LogP contribution in [0.5, 0.6) is 0 Å². The first-order valence-corrected chi connectivity index (χ1v) is 9.22. The third-order valence-corrected chi connectivity index (χ3v) is 4.61. The first-order chi connectivity index (χ1) is 12.5. The molecular formula is C20H22ClN3O2. The molecule has 0 saturated heterocycles. The molecule has 1 aromatic heterocycles. The van der Waals surface area contributed by atoms with Crippen molar-refractivity contribution in [3.63, 3.8) is 0 Å². The van der Waals surface area contributed by atoms with Crippen molar-refractivity contribution in [2.75, 3.05) is 6.54 Å². The van der Waals surface area contributed by atoms with Crippen molar-refractivity contribution in [2.45, 2.75) is 38.6 Å². The highest BCUT2D eigenvalue weighted by atomic mass is 35.5. The minimum atomic E-state index is -0.619. The summed E-state index contributed by atoms with van der Waals surface area (Å²) >= 11 is 6.07. The first kappa shape index (κ1) is 18.4. The molecule has 0 aliphatic heterocycles. The Hall–Kier alpha value is -2.40. The Bertz CT molecular complexity index is 834. The van der Waals surface area contributed by atoms with Crippen LogP contribution in [0, 0.1) is 0 Å². The van der Waals surface area contributed by atoms with Gasteiger partial charge in [0.1, 0.15) is 11.7 Å². The maximum Gasteiger partial charge on any atom is 0.270 e. The lowest BCUT2D eigenvalue weighted by Gasteiger charge is -2.15. The number of amides is 2. The zero-order valence-electron chi connectivity index (χ0n) is 14.9. The summed E-state index contributed by atoms with van der Waals surface area (Å²) in [5.41, 5.74) is 2.87. The summed E-state index contributed by atoms with van der Waals surface area (Å²) in [6, 6.07) is 10.6. The van der Waals surface area contributed by atoms with E-state index in [4.69, 9.17) is 11.6 Å². The number of pyridine rings is 1. The summed E-state index contributed by atoms with van der Waals surface area (Å²) in [4.78, 5) is 29.3. The van der Waals surface area contributed by atoms with Crippen LogP contribution in [0.2, 0.25) is 5.02 Å². The van der Waals surface area contributed by atoms with Crippen molar-refractivity contribution in [3.8, 4) is 11.3 Å². The Morgan fingerprint density at radius 1 is 1.27 bits per heavy atom. The van der Waals surface area contributed by atoms with Gasteiger partial charge >= 0.3 is 0 Å². The van der Waals surface area contributed by atoms with Crippen molar-refractivity contribution >= 4 is 23.4 Å². The van der Waals surface area contributed by atoms with Gasteiger partial charge in [-0.25, -0.2) is 4.98 Å². The van der Waals surface area contributed by atoms with E-state index in [-0.39, 0.29) is 11.8 Å². The maximum atomic E-state index is 12.8. The Labute approximate surface area is 158 Å². The summed E-state index contributed by atoms with van der Waals surface area (Å²) in [5, 5.41) is 6.08. The topological polar surface area (TPSA) is 71.1 Å². The molecule has 6 heteroatoms. The van der Waals surface area contributed by atoms with Gasteiger partial charge < -0.3 is 10.6 Å². The van der Waals surface area contributed by atoms with E-state index >= 15 is 0 Å². The number of aromatic nitrogens is 1. The minimum absolute atomic E-state index is 0.209. The van der Waals surface area contributed by atoms with Crippen LogP contribution in [-0.4, -0.2) is 29.4 Å². The van der Waals surface area contributed by atoms with E-state index in [2.05, 4.69) is 15.6 Å². The standard InChI is InChI=1S/C20H22ClN3O2/c1-3-22-19(25)12(2)23-20(26)18-16(13-7-8-13)9-10-17(24-18)14-5-4-6-15(21)11-14/h4-6,9-13H,3,7-8H2,1-2H3,(H,22,25)(H,23,26). The number of hydrogen-bond donors (Lipinski definition) is 2. The average molecular weight is 372 g/mol. The normalized spacial score (nSPS) is 14.6. The van der Waals surface area contributed by atoms with E-state index in [9.17, 15) is 9.59 Å². The monoisotopic (exact) mass is 371 g/mol. The molecule has 2 amide bonds. The molecule has 1 aliphatic carbocycles. The van der Waals surface area contributed by atoms with Gasteiger partial charge in [-0.2, -0.15) is 0 Å². The molecule has 2 aromatic rings. The molecule has 1 fully saturated rings. The van der Waals surface area contributed by atoms with E-state index in [1.54, 1.807) is 13.0 Å². The fourth-order valence-corrected chi connectivity index (χ4v) is 3.03. The molecule has 1 heterocycles. The Morgan fingerprint density at radius 3 is 2.69 bits per heavy atom. The van der Waals surface area contributed by atoms with Gasteiger partial charge in [-0.3, -0.25) is 9.59 Å². The summed E-state index contributed by atoms with van der Waals surface area (Å²) in [5.74, 6) is -0.161. The number of likely N-dealkylation sites (N-methyl/N-ethyl adjacent to an activating group) is 1. The number of benzene rings is 1. The average Bonchev–Trinajstić information content (AvgIpc) is 3.46. The van der Waals surface area contributed by atoms with Crippen LogP contribution < -0.4 is 10.6 Å². The molecule has 0 spiro atoms. The second-order valence-corrected chi connectivity index (χ2v) is 6.95. The minimum Gasteiger partial charge on any atom is -0.355 e. The molecular weight excluding hydrogens is 350 g/mol. The van der Waals surface area contributed by atoms with Crippen LogP contribution in [0.3, 0.4) is 0 Å². The highest BCUT2D eigenvalue weighted by molar-refractivity contribution is 6.30.